The normalized spacial score (nSPS) is 12.8. The molecular weight excluding hydrogens is 212 g/mol. The van der Waals surface area contributed by atoms with Crippen molar-refractivity contribution in [2.24, 2.45) is 0 Å². The molecule has 0 rings (SSSR count). The Morgan fingerprint density at radius 1 is 1.27 bits per heavy atom. The summed E-state index contributed by atoms with van der Waals surface area (Å²) in [7, 11) is 0. The van der Waals surface area contributed by atoms with E-state index in [1.807, 2.05) is 6.92 Å². The zero-order valence-corrected chi connectivity index (χ0v) is 10.4. The lowest BCUT2D eigenvalue weighted by molar-refractivity contribution is -0.137. The molecule has 0 spiro atoms. The molecule has 0 unspecified atom stereocenters. The van der Waals surface area contributed by atoms with Crippen LogP contribution in [0.3, 0.4) is 0 Å². The topological polar surface area (TPSA) is 26.3 Å². The van der Waals surface area contributed by atoms with E-state index in [4.69, 9.17) is 16.3 Å². The van der Waals surface area contributed by atoms with E-state index in [1.165, 1.54) is 6.08 Å². The van der Waals surface area contributed by atoms with Crippen molar-refractivity contribution in [3.05, 3.63) is 22.8 Å². The van der Waals surface area contributed by atoms with E-state index in [1.54, 1.807) is 13.0 Å². The van der Waals surface area contributed by atoms with Crippen LogP contribution in [-0.2, 0) is 9.53 Å². The molecule has 0 bridgehead atoms. The molecule has 0 saturated carbocycles. The number of hydrogen-bond acceptors (Lipinski definition) is 2. The standard InChI is InChI=1S/C12H19ClO2/c1-4-7-11(13)10(5-2)8-9-12(14)15-6-3/h8-9H,4-7H2,1-3H3/b9-8+,11-10-. The average Bonchev–Trinajstić information content (AvgIpc) is 2.19. The van der Waals surface area contributed by atoms with Crippen LogP contribution in [0.15, 0.2) is 22.8 Å². The molecule has 3 heteroatoms. The fourth-order valence-corrected chi connectivity index (χ4v) is 1.52. The Morgan fingerprint density at radius 2 is 1.93 bits per heavy atom. The van der Waals surface area contributed by atoms with Crippen molar-refractivity contribution >= 4 is 17.6 Å². The monoisotopic (exact) mass is 230 g/mol. The predicted octanol–water partition coefficient (Wildman–Crippen LogP) is 3.81. The molecule has 0 atom stereocenters. The zero-order chi connectivity index (χ0) is 11.7. The number of halogens is 1. The van der Waals surface area contributed by atoms with Gasteiger partial charge in [0, 0.05) is 11.1 Å². The maximum atomic E-state index is 11.1. The molecule has 0 aliphatic carbocycles. The first-order valence-electron chi connectivity index (χ1n) is 5.38. The fraction of sp³-hybridized carbons (Fsp3) is 0.583. The van der Waals surface area contributed by atoms with Gasteiger partial charge < -0.3 is 4.74 Å². The van der Waals surface area contributed by atoms with Gasteiger partial charge in [0.2, 0.25) is 0 Å². The van der Waals surface area contributed by atoms with Crippen LogP contribution in [0.4, 0.5) is 0 Å². The molecule has 0 aliphatic rings. The van der Waals surface area contributed by atoms with Crippen molar-refractivity contribution in [1.82, 2.24) is 0 Å². The Balaban J connectivity index is 4.44. The Morgan fingerprint density at radius 3 is 2.40 bits per heavy atom. The second-order valence-corrected chi connectivity index (χ2v) is 3.58. The molecule has 86 valence electrons. The summed E-state index contributed by atoms with van der Waals surface area (Å²) in [4.78, 5) is 11.1. The molecule has 2 nitrogen and oxygen atoms in total. The third-order valence-corrected chi connectivity index (χ3v) is 2.34. The van der Waals surface area contributed by atoms with Gasteiger partial charge in [-0.3, -0.25) is 0 Å². The molecule has 0 aromatic rings. The summed E-state index contributed by atoms with van der Waals surface area (Å²) in [6.07, 6.45) is 5.87. The lowest BCUT2D eigenvalue weighted by Crippen LogP contribution is -1.99. The van der Waals surface area contributed by atoms with Gasteiger partial charge in [0.1, 0.15) is 0 Å². The third kappa shape index (κ3) is 6.34. The van der Waals surface area contributed by atoms with Crippen molar-refractivity contribution in [3.8, 4) is 0 Å². The van der Waals surface area contributed by atoms with Crippen molar-refractivity contribution in [2.75, 3.05) is 6.61 Å². The number of rotatable bonds is 6. The van der Waals surface area contributed by atoms with E-state index in [9.17, 15) is 4.79 Å². The van der Waals surface area contributed by atoms with Gasteiger partial charge in [0.15, 0.2) is 0 Å². The Kier molecular flexibility index (Phi) is 8.11. The lowest BCUT2D eigenvalue weighted by Gasteiger charge is -2.02. The van der Waals surface area contributed by atoms with Gasteiger partial charge in [0.25, 0.3) is 0 Å². The lowest BCUT2D eigenvalue weighted by atomic mass is 10.1. The van der Waals surface area contributed by atoms with Crippen LogP contribution in [0.25, 0.3) is 0 Å². The Hall–Kier alpha value is -0.760. The average molecular weight is 231 g/mol. The van der Waals surface area contributed by atoms with E-state index in [0.717, 1.165) is 29.9 Å². The summed E-state index contributed by atoms with van der Waals surface area (Å²) >= 11 is 6.08. The van der Waals surface area contributed by atoms with Gasteiger partial charge in [0.05, 0.1) is 6.61 Å². The summed E-state index contributed by atoms with van der Waals surface area (Å²) < 4.78 is 4.79. The van der Waals surface area contributed by atoms with Crippen LogP contribution >= 0.6 is 11.6 Å². The second kappa shape index (κ2) is 8.54. The number of carbonyl (C=O) groups excluding carboxylic acids is 1. The molecule has 0 aromatic heterocycles. The number of carbonyl (C=O) groups is 1. The maximum Gasteiger partial charge on any atom is 0.330 e. The molecule has 0 saturated heterocycles. The maximum absolute atomic E-state index is 11.1. The van der Waals surface area contributed by atoms with Crippen molar-refractivity contribution in [3.63, 3.8) is 0 Å². The predicted molar refractivity (Wildman–Crippen MR) is 63.9 cm³/mol. The molecule has 0 radical (unpaired) electrons. The summed E-state index contributed by atoms with van der Waals surface area (Å²) in [6.45, 7) is 6.27. The Labute approximate surface area is 97.0 Å². The number of allylic oxidation sites excluding steroid dienone is 3. The van der Waals surface area contributed by atoms with E-state index < -0.39 is 0 Å². The molecule has 0 heterocycles. The van der Waals surface area contributed by atoms with Crippen LogP contribution < -0.4 is 0 Å². The minimum Gasteiger partial charge on any atom is -0.463 e. The highest BCUT2D eigenvalue weighted by Gasteiger charge is 2.00. The van der Waals surface area contributed by atoms with Crippen LogP contribution in [-0.4, -0.2) is 12.6 Å². The number of ether oxygens (including phenoxy) is 1. The summed E-state index contributed by atoms with van der Waals surface area (Å²) in [5.74, 6) is -0.315. The smallest absolute Gasteiger partial charge is 0.330 e. The van der Waals surface area contributed by atoms with E-state index >= 15 is 0 Å². The minimum atomic E-state index is -0.315. The van der Waals surface area contributed by atoms with Gasteiger partial charge in [-0.05, 0) is 25.3 Å². The van der Waals surface area contributed by atoms with E-state index in [0.29, 0.717) is 6.61 Å². The number of esters is 1. The molecular formula is C12H19ClO2. The minimum absolute atomic E-state index is 0.315. The summed E-state index contributed by atoms with van der Waals surface area (Å²) in [6, 6.07) is 0. The highest BCUT2D eigenvalue weighted by molar-refractivity contribution is 6.30. The zero-order valence-electron chi connectivity index (χ0n) is 9.68. The first kappa shape index (κ1) is 14.2. The fourth-order valence-electron chi connectivity index (χ4n) is 1.14. The van der Waals surface area contributed by atoms with Crippen LogP contribution in [0.2, 0.25) is 0 Å². The quantitative estimate of drug-likeness (QED) is 0.394. The highest BCUT2D eigenvalue weighted by atomic mass is 35.5. The van der Waals surface area contributed by atoms with E-state index in [2.05, 4.69) is 6.92 Å². The van der Waals surface area contributed by atoms with Crippen molar-refractivity contribution in [2.45, 2.75) is 40.0 Å². The van der Waals surface area contributed by atoms with Gasteiger partial charge >= 0.3 is 5.97 Å². The third-order valence-electron chi connectivity index (χ3n) is 1.91. The second-order valence-electron chi connectivity index (χ2n) is 3.12. The molecule has 0 aliphatic heterocycles. The van der Waals surface area contributed by atoms with Crippen molar-refractivity contribution in [1.29, 1.82) is 0 Å². The van der Waals surface area contributed by atoms with Crippen molar-refractivity contribution < 1.29 is 9.53 Å². The molecule has 0 aromatic carbocycles. The van der Waals surface area contributed by atoms with Crippen LogP contribution in [0.5, 0.6) is 0 Å². The Bertz CT molecular complexity index is 254. The SMILES string of the molecule is CCC/C(Cl)=C(/C=C/C(=O)OCC)CC. The van der Waals surface area contributed by atoms with Crippen LogP contribution in [0, 0.1) is 0 Å². The van der Waals surface area contributed by atoms with Gasteiger partial charge in [-0.25, -0.2) is 4.79 Å². The molecule has 0 N–H and O–H groups in total. The molecule has 0 amide bonds. The van der Waals surface area contributed by atoms with Gasteiger partial charge in [-0.1, -0.05) is 37.9 Å². The summed E-state index contributed by atoms with van der Waals surface area (Å²) in [5.41, 5.74) is 1.01. The number of hydrogen-bond donors (Lipinski definition) is 0. The van der Waals surface area contributed by atoms with Gasteiger partial charge in [-0.15, -0.1) is 0 Å². The largest absolute Gasteiger partial charge is 0.463 e. The molecule has 0 fully saturated rings. The van der Waals surface area contributed by atoms with E-state index in [-0.39, 0.29) is 5.97 Å². The highest BCUT2D eigenvalue weighted by Crippen LogP contribution is 2.19. The van der Waals surface area contributed by atoms with Gasteiger partial charge in [-0.2, -0.15) is 0 Å². The molecule has 15 heavy (non-hydrogen) atoms. The van der Waals surface area contributed by atoms with Crippen LogP contribution in [0.1, 0.15) is 40.0 Å². The first-order chi connectivity index (χ1) is 7.15. The summed E-state index contributed by atoms with van der Waals surface area (Å²) in [5, 5.41) is 0.834. The first-order valence-corrected chi connectivity index (χ1v) is 5.75.